The molecule has 1 heterocycles. The third kappa shape index (κ3) is 11.9. The molecule has 0 aromatic rings. The largest absolute Gasteiger partial charge is 0.376 e. The van der Waals surface area contributed by atoms with Gasteiger partial charge in [-0.3, -0.25) is 4.79 Å². The number of carbonyl (C=O) groups is 1. The zero-order valence-corrected chi connectivity index (χ0v) is 19.3. The van der Waals surface area contributed by atoms with Crippen molar-refractivity contribution >= 4 is 45.7 Å². The van der Waals surface area contributed by atoms with Gasteiger partial charge in [-0.1, -0.05) is 0 Å². The first-order valence-corrected chi connectivity index (χ1v) is 10.8. The van der Waals surface area contributed by atoms with Gasteiger partial charge in [0.25, 0.3) is 0 Å². The lowest BCUT2D eigenvalue weighted by Gasteiger charge is -2.25. The topological polar surface area (TPSA) is 100 Å². The van der Waals surface area contributed by atoms with E-state index in [9.17, 15) is 13.2 Å². The van der Waals surface area contributed by atoms with Crippen molar-refractivity contribution in [2.24, 2.45) is 4.99 Å². The molecule has 0 aromatic carbocycles. The molecule has 0 saturated carbocycles. The van der Waals surface area contributed by atoms with E-state index in [4.69, 9.17) is 4.74 Å². The highest BCUT2D eigenvalue weighted by Crippen LogP contribution is 2.11. The van der Waals surface area contributed by atoms with Crippen molar-refractivity contribution in [1.82, 2.24) is 15.5 Å². The van der Waals surface area contributed by atoms with Crippen molar-refractivity contribution in [3.05, 3.63) is 0 Å². The molecule has 2 unspecified atom stereocenters. The van der Waals surface area contributed by atoms with Gasteiger partial charge in [-0.2, -0.15) is 0 Å². The van der Waals surface area contributed by atoms with Crippen LogP contribution >= 0.6 is 24.0 Å². The predicted octanol–water partition coefficient (Wildman–Crippen LogP) is 0.620. The van der Waals surface area contributed by atoms with E-state index in [-0.39, 0.29) is 54.3 Å². The van der Waals surface area contributed by atoms with Crippen LogP contribution in [0.25, 0.3) is 0 Å². The fourth-order valence-electron chi connectivity index (χ4n) is 2.32. The number of nitrogens with one attached hydrogen (secondary N) is 2. The number of aliphatic imine (C=N–C) groups is 1. The monoisotopic (exact) mass is 504 g/mol. The summed E-state index contributed by atoms with van der Waals surface area (Å²) >= 11 is 0. The zero-order chi connectivity index (χ0) is 18.9. The fraction of sp³-hybridized carbons (Fsp3) is 0.875. The summed E-state index contributed by atoms with van der Waals surface area (Å²) in [4.78, 5) is 17.6. The Kier molecular flexibility index (Phi) is 12.4. The van der Waals surface area contributed by atoms with Gasteiger partial charge in [-0.15, -0.1) is 24.0 Å². The van der Waals surface area contributed by atoms with Crippen molar-refractivity contribution < 1.29 is 17.9 Å². The van der Waals surface area contributed by atoms with E-state index in [1.807, 2.05) is 6.92 Å². The summed E-state index contributed by atoms with van der Waals surface area (Å²) in [6.45, 7) is 3.32. The number of carbonyl (C=O) groups excluding carboxylic acids is 1. The Hall–Kier alpha value is -0.620. The molecule has 2 N–H and O–H groups in total. The molecule has 1 amide bonds. The van der Waals surface area contributed by atoms with Crippen LogP contribution in [0.3, 0.4) is 0 Å². The number of hydrogen-bond acceptors (Lipinski definition) is 5. The highest BCUT2D eigenvalue weighted by Gasteiger charge is 2.16. The number of hydrogen-bond donors (Lipinski definition) is 2. The van der Waals surface area contributed by atoms with Gasteiger partial charge in [-0.25, -0.2) is 13.4 Å². The zero-order valence-electron chi connectivity index (χ0n) is 16.2. The maximum atomic E-state index is 11.8. The SMILES string of the molecule is CC(CCS(C)(=O)=O)NC(=NCC(=O)N(C)C)NCC1CCCCO1.I. The van der Waals surface area contributed by atoms with Gasteiger partial charge in [0.2, 0.25) is 5.91 Å². The van der Waals surface area contributed by atoms with E-state index >= 15 is 0 Å². The molecule has 10 heteroatoms. The van der Waals surface area contributed by atoms with Crippen molar-refractivity contribution in [3.8, 4) is 0 Å². The second kappa shape index (κ2) is 12.7. The van der Waals surface area contributed by atoms with E-state index in [1.54, 1.807) is 14.1 Å². The third-order valence-corrected chi connectivity index (χ3v) is 4.92. The van der Waals surface area contributed by atoms with Crippen LogP contribution in [0.4, 0.5) is 0 Å². The second-order valence-electron chi connectivity index (χ2n) is 6.79. The molecule has 0 aromatic heterocycles. The number of guanidine groups is 1. The molecule has 1 saturated heterocycles. The average Bonchev–Trinajstić information content (AvgIpc) is 2.55. The number of sulfone groups is 1. The number of amides is 1. The minimum absolute atomic E-state index is 0. The summed E-state index contributed by atoms with van der Waals surface area (Å²) in [6.07, 6.45) is 5.08. The van der Waals surface area contributed by atoms with Gasteiger partial charge in [0.15, 0.2) is 5.96 Å². The molecule has 0 aliphatic carbocycles. The standard InChI is InChI=1S/C16H32N4O4S.HI/c1-13(8-10-25(4,22)23)19-16(18-12-15(21)20(2)3)17-11-14-7-5-6-9-24-14;/h13-14H,5-12H2,1-4H3,(H2,17,18,19);1H. The maximum absolute atomic E-state index is 11.8. The van der Waals surface area contributed by atoms with E-state index in [0.29, 0.717) is 18.9 Å². The van der Waals surface area contributed by atoms with E-state index < -0.39 is 9.84 Å². The lowest BCUT2D eigenvalue weighted by molar-refractivity contribution is -0.127. The number of ether oxygens (including phenoxy) is 1. The lowest BCUT2D eigenvalue weighted by atomic mass is 10.1. The van der Waals surface area contributed by atoms with Crippen molar-refractivity contribution in [3.63, 3.8) is 0 Å². The molecule has 0 bridgehead atoms. The molecule has 0 radical (unpaired) electrons. The molecule has 1 fully saturated rings. The Morgan fingerprint density at radius 2 is 2.04 bits per heavy atom. The first-order valence-electron chi connectivity index (χ1n) is 8.71. The molecule has 8 nitrogen and oxygen atoms in total. The Labute approximate surface area is 174 Å². The predicted molar refractivity (Wildman–Crippen MR) is 115 cm³/mol. The van der Waals surface area contributed by atoms with Gasteiger partial charge in [0.1, 0.15) is 16.4 Å². The smallest absolute Gasteiger partial charge is 0.243 e. The molecule has 26 heavy (non-hydrogen) atoms. The van der Waals surface area contributed by atoms with Crippen LogP contribution < -0.4 is 10.6 Å². The van der Waals surface area contributed by atoms with Gasteiger partial charge in [-0.05, 0) is 32.6 Å². The van der Waals surface area contributed by atoms with Crippen LogP contribution in [0.15, 0.2) is 4.99 Å². The fourth-order valence-corrected chi connectivity index (χ4v) is 3.10. The van der Waals surface area contributed by atoms with Crippen LogP contribution in [0.1, 0.15) is 32.6 Å². The summed E-state index contributed by atoms with van der Waals surface area (Å²) in [7, 11) is 0.365. The van der Waals surface area contributed by atoms with E-state index in [0.717, 1.165) is 25.9 Å². The highest BCUT2D eigenvalue weighted by molar-refractivity contribution is 14.0. The first-order chi connectivity index (χ1) is 11.7. The van der Waals surface area contributed by atoms with Crippen LogP contribution in [0, 0.1) is 0 Å². The Bertz CT molecular complexity index is 548. The lowest BCUT2D eigenvalue weighted by Crippen LogP contribution is -2.46. The van der Waals surface area contributed by atoms with E-state index in [2.05, 4.69) is 15.6 Å². The quantitative estimate of drug-likeness (QED) is 0.286. The second-order valence-corrected chi connectivity index (χ2v) is 9.05. The highest BCUT2D eigenvalue weighted by atomic mass is 127. The summed E-state index contributed by atoms with van der Waals surface area (Å²) in [5.41, 5.74) is 0. The molecular formula is C16H33IN4O4S. The molecule has 1 rings (SSSR count). The third-order valence-electron chi connectivity index (χ3n) is 3.95. The summed E-state index contributed by atoms with van der Waals surface area (Å²) in [6, 6.07) is -0.0808. The average molecular weight is 504 g/mol. The Balaban J connectivity index is 0.00000625. The van der Waals surface area contributed by atoms with Gasteiger partial charge < -0.3 is 20.3 Å². The van der Waals surface area contributed by atoms with Gasteiger partial charge in [0.05, 0.1) is 11.9 Å². The van der Waals surface area contributed by atoms with Crippen LogP contribution in [0.5, 0.6) is 0 Å². The van der Waals surface area contributed by atoms with E-state index in [1.165, 1.54) is 11.2 Å². The summed E-state index contributed by atoms with van der Waals surface area (Å²) < 4.78 is 28.3. The van der Waals surface area contributed by atoms with Crippen molar-refractivity contribution in [1.29, 1.82) is 0 Å². The Morgan fingerprint density at radius 3 is 2.58 bits per heavy atom. The van der Waals surface area contributed by atoms with Gasteiger partial charge in [0, 0.05) is 39.5 Å². The molecule has 154 valence electrons. The number of rotatable bonds is 8. The maximum Gasteiger partial charge on any atom is 0.243 e. The number of halogens is 1. The van der Waals surface area contributed by atoms with Crippen LogP contribution in [-0.4, -0.2) is 83.1 Å². The minimum Gasteiger partial charge on any atom is -0.376 e. The summed E-state index contributed by atoms with van der Waals surface area (Å²) in [5.74, 6) is 0.515. The molecule has 1 aliphatic rings. The van der Waals surface area contributed by atoms with Crippen LogP contribution in [-0.2, 0) is 19.4 Å². The number of likely N-dealkylation sites (N-methyl/N-ethyl adjacent to an activating group) is 1. The minimum atomic E-state index is -3.00. The normalized spacial score (nSPS) is 19.2. The van der Waals surface area contributed by atoms with Crippen LogP contribution in [0.2, 0.25) is 0 Å². The Morgan fingerprint density at radius 1 is 1.35 bits per heavy atom. The van der Waals surface area contributed by atoms with Crippen molar-refractivity contribution in [2.75, 3.05) is 45.8 Å². The first kappa shape index (κ1) is 25.4. The number of nitrogens with zero attached hydrogens (tertiary/aromatic N) is 2. The molecule has 1 aliphatic heterocycles. The van der Waals surface area contributed by atoms with Gasteiger partial charge >= 0.3 is 0 Å². The van der Waals surface area contributed by atoms with Crippen molar-refractivity contribution in [2.45, 2.75) is 44.8 Å². The molecular weight excluding hydrogens is 471 g/mol. The molecule has 0 spiro atoms. The summed E-state index contributed by atoms with van der Waals surface area (Å²) in [5, 5.41) is 6.38. The molecule has 2 atom stereocenters.